The van der Waals surface area contributed by atoms with Gasteiger partial charge in [-0.15, -0.1) is 0 Å². The van der Waals surface area contributed by atoms with Crippen LogP contribution in [0.1, 0.15) is 29.5 Å². The molecule has 0 saturated heterocycles. The second-order valence-electron chi connectivity index (χ2n) is 6.70. The van der Waals surface area contributed by atoms with Crippen LogP contribution >= 0.6 is 0 Å². The van der Waals surface area contributed by atoms with Crippen LogP contribution in [0.2, 0.25) is 0 Å². The van der Waals surface area contributed by atoms with Crippen molar-refractivity contribution >= 4 is 18.0 Å². The van der Waals surface area contributed by atoms with E-state index in [1.165, 1.54) is 12.1 Å². The van der Waals surface area contributed by atoms with Gasteiger partial charge in [-0.05, 0) is 37.5 Å². The summed E-state index contributed by atoms with van der Waals surface area (Å²) < 4.78 is 18.9. The number of hydrogen-bond donors (Lipinski definition) is 0. The van der Waals surface area contributed by atoms with Gasteiger partial charge in [-0.1, -0.05) is 48.0 Å². The topological polar surface area (TPSA) is 46.6 Å². The molecule has 1 amide bonds. The first-order chi connectivity index (χ1) is 13.0. The molecule has 0 radical (unpaired) electrons. The first-order valence-corrected chi connectivity index (χ1v) is 8.97. The van der Waals surface area contributed by atoms with E-state index >= 15 is 0 Å². The summed E-state index contributed by atoms with van der Waals surface area (Å²) in [6.07, 6.45) is 4.74. The van der Waals surface area contributed by atoms with Crippen LogP contribution in [0.25, 0.3) is 6.08 Å². The molecule has 0 atom stereocenters. The Hall–Kier alpha value is -2.95. The molecule has 1 aliphatic carbocycles. The number of rotatable bonds is 7. The van der Waals surface area contributed by atoms with Crippen LogP contribution in [0.5, 0.6) is 0 Å². The van der Waals surface area contributed by atoms with Crippen molar-refractivity contribution in [2.24, 2.45) is 0 Å². The van der Waals surface area contributed by atoms with Crippen LogP contribution in [-0.2, 0) is 20.9 Å². The second-order valence-corrected chi connectivity index (χ2v) is 6.70. The molecule has 1 aliphatic rings. The first-order valence-electron chi connectivity index (χ1n) is 8.97. The number of aryl methyl sites for hydroxylation is 1. The SMILES string of the molecule is Cc1cccc(/C=C/C(=O)OCC(=O)N(Cc2ccccc2F)C2CC2)c1. The minimum Gasteiger partial charge on any atom is -0.452 e. The van der Waals surface area contributed by atoms with Gasteiger partial charge in [-0.3, -0.25) is 4.79 Å². The normalized spacial score (nSPS) is 13.6. The van der Waals surface area contributed by atoms with Gasteiger partial charge >= 0.3 is 5.97 Å². The molecule has 0 heterocycles. The summed E-state index contributed by atoms with van der Waals surface area (Å²) in [4.78, 5) is 25.9. The average molecular weight is 367 g/mol. The van der Waals surface area contributed by atoms with Crippen molar-refractivity contribution in [3.8, 4) is 0 Å². The zero-order valence-electron chi connectivity index (χ0n) is 15.2. The van der Waals surface area contributed by atoms with E-state index in [9.17, 15) is 14.0 Å². The fraction of sp³-hybridized carbons (Fsp3) is 0.273. The highest BCUT2D eigenvalue weighted by Crippen LogP contribution is 2.29. The maximum absolute atomic E-state index is 13.9. The van der Waals surface area contributed by atoms with Gasteiger partial charge in [-0.25, -0.2) is 9.18 Å². The molecule has 2 aromatic rings. The van der Waals surface area contributed by atoms with Gasteiger partial charge in [0.1, 0.15) is 5.82 Å². The predicted molar refractivity (Wildman–Crippen MR) is 101 cm³/mol. The Morgan fingerprint density at radius 3 is 2.67 bits per heavy atom. The summed E-state index contributed by atoms with van der Waals surface area (Å²) in [5.41, 5.74) is 2.44. The van der Waals surface area contributed by atoms with E-state index in [0.29, 0.717) is 5.56 Å². The third kappa shape index (κ3) is 5.51. The van der Waals surface area contributed by atoms with Crippen molar-refractivity contribution in [1.82, 2.24) is 4.90 Å². The van der Waals surface area contributed by atoms with Gasteiger partial charge in [0.15, 0.2) is 6.61 Å². The van der Waals surface area contributed by atoms with Crippen molar-refractivity contribution in [3.05, 3.63) is 77.1 Å². The highest BCUT2D eigenvalue weighted by atomic mass is 19.1. The molecule has 0 spiro atoms. The number of benzene rings is 2. The summed E-state index contributed by atoms with van der Waals surface area (Å²) >= 11 is 0. The lowest BCUT2D eigenvalue weighted by Gasteiger charge is -2.22. The van der Waals surface area contributed by atoms with Crippen LogP contribution in [0.3, 0.4) is 0 Å². The highest BCUT2D eigenvalue weighted by molar-refractivity contribution is 5.89. The quantitative estimate of drug-likeness (QED) is 0.551. The van der Waals surface area contributed by atoms with E-state index in [2.05, 4.69) is 0 Å². The maximum Gasteiger partial charge on any atom is 0.331 e. The summed E-state index contributed by atoms with van der Waals surface area (Å²) in [7, 11) is 0. The third-order valence-corrected chi connectivity index (χ3v) is 4.40. The summed E-state index contributed by atoms with van der Waals surface area (Å²) in [5, 5.41) is 0. The Kier molecular flexibility index (Phi) is 6.01. The second kappa shape index (κ2) is 8.62. The molecule has 0 aliphatic heterocycles. The monoisotopic (exact) mass is 367 g/mol. The molecule has 5 heteroatoms. The summed E-state index contributed by atoms with van der Waals surface area (Å²) in [6, 6.07) is 14.2. The minimum atomic E-state index is -0.577. The average Bonchev–Trinajstić information content (AvgIpc) is 3.49. The smallest absolute Gasteiger partial charge is 0.331 e. The highest BCUT2D eigenvalue weighted by Gasteiger charge is 2.33. The van der Waals surface area contributed by atoms with Crippen molar-refractivity contribution in [3.63, 3.8) is 0 Å². The fourth-order valence-corrected chi connectivity index (χ4v) is 2.82. The standard InChI is InChI=1S/C22H22FNO3/c1-16-5-4-6-17(13-16)9-12-22(26)27-15-21(25)24(19-10-11-19)14-18-7-2-3-8-20(18)23/h2-9,12-13,19H,10-11,14-15H2,1H3/b12-9+. The Bertz CT molecular complexity index is 858. The van der Waals surface area contributed by atoms with Crippen LogP contribution in [0.15, 0.2) is 54.6 Å². The number of carbonyl (C=O) groups is 2. The largest absolute Gasteiger partial charge is 0.452 e. The molecule has 2 aromatic carbocycles. The molecule has 4 nitrogen and oxygen atoms in total. The number of hydrogen-bond acceptors (Lipinski definition) is 3. The number of esters is 1. The maximum atomic E-state index is 13.9. The van der Waals surface area contributed by atoms with E-state index in [4.69, 9.17) is 4.74 Å². The fourth-order valence-electron chi connectivity index (χ4n) is 2.82. The molecule has 0 aromatic heterocycles. The third-order valence-electron chi connectivity index (χ3n) is 4.40. The van der Waals surface area contributed by atoms with E-state index in [1.54, 1.807) is 29.2 Å². The lowest BCUT2D eigenvalue weighted by atomic mass is 10.1. The zero-order chi connectivity index (χ0) is 19.2. The van der Waals surface area contributed by atoms with Crippen LogP contribution in [0, 0.1) is 12.7 Å². The summed E-state index contributed by atoms with van der Waals surface area (Å²) in [6.45, 7) is 1.81. The summed E-state index contributed by atoms with van der Waals surface area (Å²) in [5.74, 6) is -1.22. The van der Waals surface area contributed by atoms with Gasteiger partial charge in [0.05, 0.1) is 0 Å². The van der Waals surface area contributed by atoms with Crippen LogP contribution in [0.4, 0.5) is 4.39 Å². The van der Waals surface area contributed by atoms with Crippen molar-refractivity contribution < 1.29 is 18.7 Å². The van der Waals surface area contributed by atoms with Crippen LogP contribution in [-0.4, -0.2) is 29.4 Å². The molecule has 1 fully saturated rings. The van der Waals surface area contributed by atoms with E-state index in [1.807, 2.05) is 31.2 Å². The number of amides is 1. The molecule has 0 N–H and O–H groups in total. The molecular formula is C22H22FNO3. The Morgan fingerprint density at radius 1 is 1.19 bits per heavy atom. The Labute approximate surface area is 158 Å². The molecule has 140 valence electrons. The van der Waals surface area contributed by atoms with Crippen molar-refractivity contribution in [2.75, 3.05) is 6.61 Å². The predicted octanol–water partition coefficient (Wildman–Crippen LogP) is 3.88. The number of ether oxygens (including phenoxy) is 1. The first kappa shape index (κ1) is 18.8. The number of carbonyl (C=O) groups excluding carboxylic acids is 2. The molecule has 0 unspecified atom stereocenters. The van der Waals surface area contributed by atoms with Crippen LogP contribution < -0.4 is 0 Å². The number of nitrogens with zero attached hydrogens (tertiary/aromatic N) is 1. The van der Waals surface area contributed by atoms with Gasteiger partial charge < -0.3 is 9.64 Å². The van der Waals surface area contributed by atoms with Gasteiger partial charge in [-0.2, -0.15) is 0 Å². The van der Waals surface area contributed by atoms with E-state index in [-0.39, 0.29) is 30.9 Å². The van der Waals surface area contributed by atoms with Gasteiger partial charge in [0.2, 0.25) is 0 Å². The molecular weight excluding hydrogens is 345 g/mol. The van der Waals surface area contributed by atoms with Crippen molar-refractivity contribution in [1.29, 1.82) is 0 Å². The van der Waals surface area contributed by atoms with E-state index in [0.717, 1.165) is 24.0 Å². The van der Waals surface area contributed by atoms with Gasteiger partial charge in [0, 0.05) is 24.2 Å². The Morgan fingerprint density at radius 2 is 1.96 bits per heavy atom. The Balaban J connectivity index is 1.55. The van der Waals surface area contributed by atoms with Crippen molar-refractivity contribution in [2.45, 2.75) is 32.4 Å². The van der Waals surface area contributed by atoms with E-state index < -0.39 is 5.97 Å². The molecule has 0 bridgehead atoms. The zero-order valence-corrected chi connectivity index (χ0v) is 15.2. The molecule has 27 heavy (non-hydrogen) atoms. The minimum absolute atomic E-state index is 0.0960. The number of halogens is 1. The van der Waals surface area contributed by atoms with Gasteiger partial charge in [0.25, 0.3) is 5.91 Å². The lowest BCUT2D eigenvalue weighted by Crippen LogP contribution is -2.36. The molecule has 1 saturated carbocycles. The lowest BCUT2D eigenvalue weighted by molar-refractivity contribution is -0.148. The molecule has 3 rings (SSSR count).